The molecule has 3 rings (SSSR count). The Hall–Kier alpha value is -1.39. The van der Waals surface area contributed by atoms with Gasteiger partial charge >= 0.3 is 0 Å². The van der Waals surface area contributed by atoms with Gasteiger partial charge in [-0.1, -0.05) is 18.2 Å². The number of benzene rings is 1. The van der Waals surface area contributed by atoms with Crippen LogP contribution in [-0.2, 0) is 13.1 Å². The van der Waals surface area contributed by atoms with Crippen molar-refractivity contribution in [1.82, 2.24) is 20.0 Å². The van der Waals surface area contributed by atoms with Crippen LogP contribution in [0.1, 0.15) is 19.0 Å². The summed E-state index contributed by atoms with van der Waals surface area (Å²) >= 11 is 0. The molecule has 2 aromatic rings. The molecule has 0 aliphatic carbocycles. The van der Waals surface area contributed by atoms with Crippen LogP contribution in [0.2, 0.25) is 0 Å². The summed E-state index contributed by atoms with van der Waals surface area (Å²) in [5, 5.41) is 9.45. The molecule has 1 aliphatic heterocycles. The third-order valence-electron chi connectivity index (χ3n) is 4.09. The molecular formula is C15H22N4. The highest BCUT2D eigenvalue weighted by Crippen LogP contribution is 2.21. The molecule has 1 aromatic carbocycles. The predicted octanol–water partition coefficient (Wildman–Crippen LogP) is 1.85. The first-order valence-electron chi connectivity index (χ1n) is 7.16. The number of nitrogens with one attached hydrogen (secondary N) is 1. The van der Waals surface area contributed by atoms with Gasteiger partial charge in [-0.15, -0.1) is 0 Å². The van der Waals surface area contributed by atoms with E-state index in [-0.39, 0.29) is 0 Å². The van der Waals surface area contributed by atoms with E-state index in [1.54, 1.807) is 0 Å². The summed E-state index contributed by atoms with van der Waals surface area (Å²) in [4.78, 5) is 2.50. The van der Waals surface area contributed by atoms with Crippen LogP contribution in [0.4, 0.5) is 0 Å². The topological polar surface area (TPSA) is 33.1 Å². The highest BCUT2D eigenvalue weighted by Gasteiger charge is 2.22. The smallest absolute Gasteiger partial charge is 0.0843 e. The van der Waals surface area contributed by atoms with Crippen LogP contribution in [0.15, 0.2) is 24.3 Å². The minimum absolute atomic E-state index is 0.638. The molecule has 19 heavy (non-hydrogen) atoms. The Kier molecular flexibility index (Phi) is 3.53. The Bertz CT molecular complexity index is 560. The molecule has 0 amide bonds. The molecule has 1 unspecified atom stereocenters. The molecule has 4 nitrogen and oxygen atoms in total. The zero-order valence-corrected chi connectivity index (χ0v) is 11.8. The van der Waals surface area contributed by atoms with Crippen LogP contribution >= 0.6 is 0 Å². The number of rotatable bonds is 4. The Morgan fingerprint density at radius 3 is 2.95 bits per heavy atom. The molecule has 1 fully saturated rings. The Labute approximate surface area is 114 Å². The number of aromatic nitrogens is 2. The van der Waals surface area contributed by atoms with Crippen molar-refractivity contribution >= 4 is 10.9 Å². The fraction of sp³-hybridized carbons (Fsp3) is 0.533. The lowest BCUT2D eigenvalue weighted by Crippen LogP contribution is -2.29. The molecule has 1 aromatic heterocycles. The number of likely N-dealkylation sites (N-methyl/N-ethyl adjacent to an activating group) is 1. The molecule has 0 bridgehead atoms. The second-order valence-corrected chi connectivity index (χ2v) is 5.29. The van der Waals surface area contributed by atoms with Gasteiger partial charge in [0, 0.05) is 37.6 Å². The van der Waals surface area contributed by atoms with E-state index in [1.807, 2.05) is 0 Å². The Morgan fingerprint density at radius 2 is 2.21 bits per heavy atom. The highest BCUT2D eigenvalue weighted by molar-refractivity contribution is 5.81. The zero-order chi connectivity index (χ0) is 13.2. The van der Waals surface area contributed by atoms with Crippen LogP contribution in [0, 0.1) is 0 Å². The third kappa shape index (κ3) is 2.38. The summed E-state index contributed by atoms with van der Waals surface area (Å²) in [6.45, 7) is 6.34. The van der Waals surface area contributed by atoms with Crippen molar-refractivity contribution in [3.8, 4) is 0 Å². The quantitative estimate of drug-likeness (QED) is 0.908. The van der Waals surface area contributed by atoms with Gasteiger partial charge < -0.3 is 5.32 Å². The first-order valence-corrected chi connectivity index (χ1v) is 7.16. The summed E-state index contributed by atoms with van der Waals surface area (Å²) in [5.41, 5.74) is 2.47. The van der Waals surface area contributed by atoms with Crippen LogP contribution in [0.5, 0.6) is 0 Å². The minimum Gasteiger partial charge on any atom is -0.316 e. The summed E-state index contributed by atoms with van der Waals surface area (Å²) < 4.78 is 2.11. The van der Waals surface area contributed by atoms with E-state index in [0.29, 0.717) is 6.04 Å². The number of nitrogens with zero attached hydrogens (tertiary/aromatic N) is 3. The van der Waals surface area contributed by atoms with E-state index in [4.69, 9.17) is 5.10 Å². The average Bonchev–Trinajstić information content (AvgIpc) is 3.04. The van der Waals surface area contributed by atoms with Crippen LogP contribution < -0.4 is 5.32 Å². The standard InChI is InChI=1S/C15H22N4/c1-3-19-15-7-5-4-6-13(15)14(17-19)11-18-9-8-12(10-18)16-2/h4-7,12,16H,3,8-11H2,1-2H3. The monoisotopic (exact) mass is 258 g/mol. The third-order valence-corrected chi connectivity index (χ3v) is 4.09. The number of hydrogen-bond acceptors (Lipinski definition) is 3. The lowest BCUT2D eigenvalue weighted by molar-refractivity contribution is 0.318. The van der Waals surface area contributed by atoms with Gasteiger partial charge in [0.2, 0.25) is 0 Å². The van der Waals surface area contributed by atoms with Gasteiger partial charge in [0.25, 0.3) is 0 Å². The first kappa shape index (κ1) is 12.6. The van der Waals surface area contributed by atoms with Crippen molar-refractivity contribution in [1.29, 1.82) is 0 Å². The molecule has 1 aliphatic rings. The molecule has 102 valence electrons. The van der Waals surface area contributed by atoms with Gasteiger partial charge in [-0.2, -0.15) is 5.10 Å². The molecule has 2 heterocycles. The Balaban J connectivity index is 1.85. The van der Waals surface area contributed by atoms with Gasteiger partial charge in [-0.05, 0) is 26.5 Å². The number of hydrogen-bond donors (Lipinski definition) is 1. The van der Waals surface area contributed by atoms with Gasteiger partial charge in [-0.3, -0.25) is 9.58 Å². The number of para-hydroxylation sites is 1. The maximum Gasteiger partial charge on any atom is 0.0843 e. The molecule has 1 atom stereocenters. The van der Waals surface area contributed by atoms with Crippen LogP contribution in [0.3, 0.4) is 0 Å². The average molecular weight is 258 g/mol. The van der Waals surface area contributed by atoms with Crippen LogP contribution in [-0.4, -0.2) is 40.9 Å². The first-order chi connectivity index (χ1) is 9.31. The molecule has 0 spiro atoms. The van der Waals surface area contributed by atoms with E-state index in [0.717, 1.165) is 19.6 Å². The van der Waals surface area contributed by atoms with Crippen LogP contribution in [0.25, 0.3) is 10.9 Å². The molecule has 1 saturated heterocycles. The fourth-order valence-corrected chi connectivity index (χ4v) is 2.98. The highest BCUT2D eigenvalue weighted by atomic mass is 15.3. The van der Waals surface area contributed by atoms with Crippen molar-refractivity contribution < 1.29 is 0 Å². The molecular weight excluding hydrogens is 236 g/mol. The molecule has 0 saturated carbocycles. The largest absolute Gasteiger partial charge is 0.316 e. The summed E-state index contributed by atoms with van der Waals surface area (Å²) in [6.07, 6.45) is 1.24. The van der Waals surface area contributed by atoms with E-state index < -0.39 is 0 Å². The van der Waals surface area contributed by atoms with E-state index in [9.17, 15) is 0 Å². The maximum absolute atomic E-state index is 4.78. The van der Waals surface area contributed by atoms with Gasteiger partial charge in [-0.25, -0.2) is 0 Å². The minimum atomic E-state index is 0.638. The maximum atomic E-state index is 4.78. The zero-order valence-electron chi connectivity index (χ0n) is 11.8. The second-order valence-electron chi connectivity index (χ2n) is 5.29. The van der Waals surface area contributed by atoms with Gasteiger partial charge in [0.15, 0.2) is 0 Å². The second kappa shape index (κ2) is 5.31. The summed E-state index contributed by atoms with van der Waals surface area (Å²) in [6, 6.07) is 9.19. The normalized spacial score (nSPS) is 20.4. The number of aryl methyl sites for hydroxylation is 1. The summed E-state index contributed by atoms with van der Waals surface area (Å²) in [5.74, 6) is 0. The van der Waals surface area contributed by atoms with Crippen molar-refractivity contribution in [3.05, 3.63) is 30.0 Å². The van der Waals surface area contributed by atoms with Crippen molar-refractivity contribution in [2.45, 2.75) is 32.5 Å². The molecule has 1 N–H and O–H groups in total. The van der Waals surface area contributed by atoms with Gasteiger partial charge in [0.1, 0.15) is 0 Å². The SMILES string of the molecule is CCn1nc(CN2CCC(NC)C2)c2ccccc21. The molecule has 0 radical (unpaired) electrons. The van der Waals surface area contributed by atoms with E-state index in [2.05, 4.69) is 53.1 Å². The lowest BCUT2D eigenvalue weighted by Gasteiger charge is -2.14. The van der Waals surface area contributed by atoms with Crippen molar-refractivity contribution in [3.63, 3.8) is 0 Å². The number of fused-ring (bicyclic) bond motifs is 1. The van der Waals surface area contributed by atoms with E-state index >= 15 is 0 Å². The van der Waals surface area contributed by atoms with Crippen molar-refractivity contribution in [2.24, 2.45) is 0 Å². The predicted molar refractivity (Wildman–Crippen MR) is 78.1 cm³/mol. The Morgan fingerprint density at radius 1 is 1.37 bits per heavy atom. The van der Waals surface area contributed by atoms with E-state index in [1.165, 1.54) is 29.6 Å². The molecule has 4 heteroatoms. The summed E-state index contributed by atoms with van der Waals surface area (Å²) in [7, 11) is 2.05. The fourth-order valence-electron chi connectivity index (χ4n) is 2.98. The number of likely N-dealkylation sites (tertiary alicyclic amines) is 1. The van der Waals surface area contributed by atoms with Crippen molar-refractivity contribution in [2.75, 3.05) is 20.1 Å². The van der Waals surface area contributed by atoms with Gasteiger partial charge in [0.05, 0.1) is 11.2 Å². The lowest BCUT2D eigenvalue weighted by atomic mass is 10.2.